The van der Waals surface area contributed by atoms with E-state index in [2.05, 4.69) is 0 Å². The topological polar surface area (TPSA) is 54.4 Å². The zero-order valence-corrected chi connectivity index (χ0v) is 8.85. The van der Waals surface area contributed by atoms with Crippen molar-refractivity contribution in [2.75, 3.05) is 0 Å². The lowest BCUT2D eigenvalue weighted by Crippen LogP contribution is -2.12. The van der Waals surface area contributed by atoms with Crippen LogP contribution in [0.1, 0.15) is 11.8 Å². The number of halogens is 1. The zero-order valence-electron chi connectivity index (χ0n) is 7.28. The van der Waals surface area contributed by atoms with Crippen LogP contribution in [0.25, 0.3) is 6.08 Å². The van der Waals surface area contributed by atoms with Crippen molar-refractivity contribution < 1.29 is 14.7 Å². The third-order valence-corrected chi connectivity index (χ3v) is 2.68. The Morgan fingerprint density at radius 2 is 2.14 bits per heavy atom. The molecule has 0 saturated carbocycles. The first-order valence-electron chi connectivity index (χ1n) is 3.72. The molecule has 0 amide bonds. The highest BCUT2D eigenvalue weighted by Gasteiger charge is 2.13. The largest absolute Gasteiger partial charge is 0.475 e. The minimum Gasteiger partial charge on any atom is -0.475 e. The molecule has 0 bridgehead atoms. The Morgan fingerprint density at radius 1 is 1.50 bits per heavy atom. The number of rotatable bonds is 3. The third kappa shape index (κ3) is 2.68. The second kappa shape index (κ2) is 4.39. The van der Waals surface area contributed by atoms with Crippen LogP contribution in [0.3, 0.4) is 0 Å². The van der Waals surface area contributed by atoms with Gasteiger partial charge in [0.15, 0.2) is 0 Å². The monoisotopic (exact) mass is 230 g/mol. The van der Waals surface area contributed by atoms with Crippen LogP contribution in [0.2, 0.25) is 4.34 Å². The number of thiophene rings is 1. The number of Topliss-reactive ketones (excluding diaryl/α,β-unsaturated/α-hetero) is 1. The van der Waals surface area contributed by atoms with E-state index in [1.165, 1.54) is 24.3 Å². The summed E-state index contributed by atoms with van der Waals surface area (Å²) in [5, 5.41) is 8.42. The summed E-state index contributed by atoms with van der Waals surface area (Å²) in [4.78, 5) is 22.0. The molecule has 0 radical (unpaired) electrons. The Balaban J connectivity index is 2.89. The highest BCUT2D eigenvalue weighted by Crippen LogP contribution is 2.23. The van der Waals surface area contributed by atoms with Gasteiger partial charge in [0.2, 0.25) is 0 Å². The van der Waals surface area contributed by atoms with Gasteiger partial charge in [-0.2, -0.15) is 0 Å². The number of carboxylic acids is 1. The van der Waals surface area contributed by atoms with E-state index < -0.39 is 11.8 Å². The van der Waals surface area contributed by atoms with Gasteiger partial charge in [-0.1, -0.05) is 11.6 Å². The molecule has 14 heavy (non-hydrogen) atoms. The molecular weight excluding hydrogens is 224 g/mol. The number of carboxylic acid groups (broad SMARTS) is 1. The van der Waals surface area contributed by atoms with E-state index in [1.54, 1.807) is 12.1 Å². The van der Waals surface area contributed by atoms with Crippen LogP contribution in [0.4, 0.5) is 0 Å². The van der Waals surface area contributed by atoms with Crippen LogP contribution < -0.4 is 0 Å². The number of carbonyl (C=O) groups is 2. The predicted molar refractivity (Wildman–Crippen MR) is 55.6 cm³/mol. The molecule has 0 unspecified atom stereocenters. The summed E-state index contributed by atoms with van der Waals surface area (Å²) >= 11 is 6.96. The van der Waals surface area contributed by atoms with Crippen LogP contribution in [-0.4, -0.2) is 16.9 Å². The van der Waals surface area contributed by atoms with Crippen LogP contribution >= 0.6 is 22.9 Å². The van der Waals surface area contributed by atoms with Crippen molar-refractivity contribution in [2.45, 2.75) is 6.92 Å². The summed E-state index contributed by atoms with van der Waals surface area (Å²) in [6.45, 7) is 1.46. The smallest absolute Gasteiger partial charge is 0.376 e. The fourth-order valence-corrected chi connectivity index (χ4v) is 1.92. The molecule has 0 saturated heterocycles. The molecule has 74 valence electrons. The first-order valence-corrected chi connectivity index (χ1v) is 4.91. The van der Waals surface area contributed by atoms with E-state index in [4.69, 9.17) is 16.7 Å². The average Bonchev–Trinajstić information content (AvgIpc) is 2.49. The van der Waals surface area contributed by atoms with E-state index in [0.717, 1.165) is 4.88 Å². The molecule has 0 fully saturated rings. The number of hydrogen-bond donors (Lipinski definition) is 1. The lowest BCUT2D eigenvalue weighted by atomic mass is 10.2. The Morgan fingerprint density at radius 3 is 2.57 bits per heavy atom. The highest BCUT2D eigenvalue weighted by atomic mass is 35.5. The Labute approximate surface area is 89.6 Å². The van der Waals surface area contributed by atoms with E-state index in [-0.39, 0.29) is 5.57 Å². The van der Waals surface area contributed by atoms with E-state index in [1.807, 2.05) is 0 Å². The maximum absolute atomic E-state index is 11.0. The molecule has 5 heteroatoms. The molecule has 1 heterocycles. The van der Waals surface area contributed by atoms with Crippen molar-refractivity contribution in [3.8, 4) is 0 Å². The molecule has 1 aromatic heterocycles. The highest BCUT2D eigenvalue weighted by molar-refractivity contribution is 7.17. The predicted octanol–water partition coefficient (Wildman–Crippen LogP) is 2.46. The second-order valence-electron chi connectivity index (χ2n) is 2.60. The van der Waals surface area contributed by atoms with Crippen molar-refractivity contribution in [3.63, 3.8) is 0 Å². The fourth-order valence-electron chi connectivity index (χ4n) is 0.853. The van der Waals surface area contributed by atoms with Gasteiger partial charge in [0.1, 0.15) is 0 Å². The molecule has 1 N–H and O–H groups in total. The van der Waals surface area contributed by atoms with Gasteiger partial charge in [0.25, 0.3) is 5.78 Å². The molecule has 0 spiro atoms. The van der Waals surface area contributed by atoms with Gasteiger partial charge in [-0.15, -0.1) is 11.3 Å². The van der Waals surface area contributed by atoms with Crippen molar-refractivity contribution in [1.29, 1.82) is 0 Å². The van der Waals surface area contributed by atoms with Crippen LogP contribution in [-0.2, 0) is 9.59 Å². The average molecular weight is 231 g/mol. The summed E-state index contributed by atoms with van der Waals surface area (Å²) in [5.74, 6) is -2.34. The molecule has 0 aliphatic carbocycles. The van der Waals surface area contributed by atoms with E-state index in [9.17, 15) is 9.59 Å². The first kappa shape index (κ1) is 10.9. The molecule has 0 aliphatic heterocycles. The van der Waals surface area contributed by atoms with Crippen molar-refractivity contribution in [1.82, 2.24) is 0 Å². The molecule has 0 aliphatic rings. The van der Waals surface area contributed by atoms with E-state index >= 15 is 0 Å². The first-order chi connectivity index (χ1) is 6.50. The summed E-state index contributed by atoms with van der Waals surface area (Å²) in [6.07, 6.45) is 1.51. The van der Waals surface area contributed by atoms with Crippen LogP contribution in [0.5, 0.6) is 0 Å². The second-order valence-corrected chi connectivity index (χ2v) is 4.35. The lowest BCUT2D eigenvalue weighted by Gasteiger charge is -1.92. The standard InChI is InChI=1S/C9H7ClO3S/c1-5(8(11)9(12)13)4-6-2-3-7(10)14-6/h2-4H,1H3,(H,12,13)/b5-4+. The quantitative estimate of drug-likeness (QED) is 0.641. The minimum absolute atomic E-state index is 0.191. The van der Waals surface area contributed by atoms with Gasteiger partial charge >= 0.3 is 5.97 Å². The maximum atomic E-state index is 11.0. The van der Waals surface area contributed by atoms with Gasteiger partial charge in [-0.05, 0) is 25.1 Å². The number of ketones is 1. The van der Waals surface area contributed by atoms with Gasteiger partial charge in [-0.25, -0.2) is 4.79 Å². The number of hydrogen-bond acceptors (Lipinski definition) is 3. The molecule has 1 rings (SSSR count). The van der Waals surface area contributed by atoms with Crippen LogP contribution in [0, 0.1) is 0 Å². The van der Waals surface area contributed by atoms with Crippen molar-refractivity contribution >= 4 is 40.8 Å². The van der Waals surface area contributed by atoms with Crippen LogP contribution in [0.15, 0.2) is 17.7 Å². The maximum Gasteiger partial charge on any atom is 0.376 e. The van der Waals surface area contributed by atoms with Gasteiger partial charge in [0, 0.05) is 10.5 Å². The SMILES string of the molecule is C/C(=C\c1ccc(Cl)s1)C(=O)C(=O)O. The van der Waals surface area contributed by atoms with Gasteiger partial charge < -0.3 is 5.11 Å². The minimum atomic E-state index is -1.44. The fraction of sp³-hybridized carbons (Fsp3) is 0.111. The Kier molecular flexibility index (Phi) is 3.43. The van der Waals surface area contributed by atoms with Gasteiger partial charge in [0.05, 0.1) is 4.34 Å². The molecule has 1 aromatic rings. The molecular formula is C9H7ClO3S. The van der Waals surface area contributed by atoms with E-state index in [0.29, 0.717) is 4.34 Å². The summed E-state index contributed by atoms with van der Waals surface area (Å²) in [6, 6.07) is 3.42. The Hall–Kier alpha value is -1.13. The molecule has 3 nitrogen and oxygen atoms in total. The third-order valence-electron chi connectivity index (χ3n) is 1.51. The normalized spacial score (nSPS) is 11.4. The summed E-state index contributed by atoms with van der Waals surface area (Å²) in [5.41, 5.74) is 0.191. The lowest BCUT2D eigenvalue weighted by molar-refractivity contribution is -0.147. The van der Waals surface area contributed by atoms with Gasteiger partial charge in [-0.3, -0.25) is 4.79 Å². The van der Waals surface area contributed by atoms with Crippen molar-refractivity contribution in [2.24, 2.45) is 0 Å². The number of carbonyl (C=O) groups excluding carboxylic acids is 1. The molecule has 0 aromatic carbocycles. The Bertz CT molecular complexity index is 406. The van der Waals surface area contributed by atoms with Crippen molar-refractivity contribution in [3.05, 3.63) is 26.9 Å². The summed E-state index contributed by atoms with van der Waals surface area (Å²) in [7, 11) is 0. The zero-order chi connectivity index (χ0) is 10.7. The summed E-state index contributed by atoms with van der Waals surface area (Å²) < 4.78 is 0.604. The number of aliphatic carboxylic acids is 1. The molecule has 0 atom stereocenters.